The minimum Gasteiger partial charge on any atom is -0.458 e. The highest BCUT2D eigenvalue weighted by Crippen LogP contribution is 2.61. The molecule has 1 heterocycles. The topological polar surface area (TPSA) is 87.4 Å². The van der Waals surface area contributed by atoms with Crippen molar-refractivity contribution in [3.8, 4) is 6.07 Å². The van der Waals surface area contributed by atoms with Gasteiger partial charge in [-0.2, -0.15) is 5.26 Å². The molecule has 5 nitrogen and oxygen atoms in total. The van der Waals surface area contributed by atoms with Gasteiger partial charge >= 0.3 is 5.97 Å². The molecular formula is C23H31NO4. The first-order valence-electron chi connectivity index (χ1n) is 10.8. The number of nitriles is 1. The van der Waals surface area contributed by atoms with Crippen molar-refractivity contribution in [2.45, 2.75) is 71.3 Å². The highest BCUT2D eigenvalue weighted by atomic mass is 16.5. The molecule has 28 heavy (non-hydrogen) atoms. The van der Waals surface area contributed by atoms with E-state index < -0.39 is 5.41 Å². The number of rotatable bonds is 3. The van der Waals surface area contributed by atoms with Gasteiger partial charge in [-0.3, -0.25) is 4.79 Å². The number of ketones is 1. The van der Waals surface area contributed by atoms with Crippen molar-refractivity contribution in [3.63, 3.8) is 0 Å². The number of hydrogen-bond donors (Lipinski definition) is 1. The summed E-state index contributed by atoms with van der Waals surface area (Å²) in [7, 11) is 0. The average molecular weight is 386 g/mol. The first-order chi connectivity index (χ1) is 13.3. The minimum atomic E-state index is -0.603. The summed E-state index contributed by atoms with van der Waals surface area (Å²) < 4.78 is 5.09. The predicted octanol–water partition coefficient (Wildman–Crippen LogP) is 3.56. The van der Waals surface area contributed by atoms with Crippen LogP contribution in [0.25, 0.3) is 0 Å². The van der Waals surface area contributed by atoms with Crippen molar-refractivity contribution < 1.29 is 19.4 Å². The average Bonchev–Trinajstić information content (AvgIpc) is 3.09. The molecule has 3 fully saturated rings. The fourth-order valence-corrected chi connectivity index (χ4v) is 7.01. The second kappa shape index (κ2) is 6.99. The summed E-state index contributed by atoms with van der Waals surface area (Å²) in [5.74, 6) is 0.600. The summed E-state index contributed by atoms with van der Waals surface area (Å²) in [6, 6.07) is 2.24. The van der Waals surface area contributed by atoms with E-state index >= 15 is 0 Å². The van der Waals surface area contributed by atoms with Gasteiger partial charge in [0, 0.05) is 29.7 Å². The molecular weight excluding hydrogens is 354 g/mol. The molecule has 4 aliphatic rings. The first-order valence-corrected chi connectivity index (χ1v) is 10.8. The third-order valence-corrected chi connectivity index (χ3v) is 8.74. The van der Waals surface area contributed by atoms with Gasteiger partial charge in [-0.05, 0) is 67.8 Å². The Bertz CT molecular complexity index is 752. The van der Waals surface area contributed by atoms with Crippen molar-refractivity contribution >= 4 is 11.8 Å². The van der Waals surface area contributed by atoms with Crippen LogP contribution < -0.4 is 0 Å². The summed E-state index contributed by atoms with van der Waals surface area (Å²) in [6.45, 7) is 4.56. The van der Waals surface area contributed by atoms with Crippen molar-refractivity contribution in [3.05, 3.63) is 11.6 Å². The number of hydrogen-bond acceptors (Lipinski definition) is 5. The van der Waals surface area contributed by atoms with Gasteiger partial charge in [-0.25, -0.2) is 4.79 Å². The maximum atomic E-state index is 13.8. The van der Waals surface area contributed by atoms with Gasteiger partial charge in [0.25, 0.3) is 0 Å². The quantitative estimate of drug-likeness (QED) is 0.751. The molecule has 0 aromatic carbocycles. The Morgan fingerprint density at radius 3 is 2.71 bits per heavy atom. The predicted molar refractivity (Wildman–Crippen MR) is 103 cm³/mol. The lowest BCUT2D eigenvalue weighted by Crippen LogP contribution is -2.56. The zero-order valence-corrected chi connectivity index (χ0v) is 16.9. The third-order valence-electron chi connectivity index (χ3n) is 8.74. The van der Waals surface area contributed by atoms with Crippen molar-refractivity contribution in [2.75, 3.05) is 6.61 Å². The van der Waals surface area contributed by atoms with Gasteiger partial charge in [0.15, 0.2) is 0 Å². The van der Waals surface area contributed by atoms with Crippen LogP contribution in [0.4, 0.5) is 0 Å². The van der Waals surface area contributed by atoms with E-state index in [9.17, 15) is 20.0 Å². The van der Waals surface area contributed by atoms with Gasteiger partial charge in [0.2, 0.25) is 0 Å². The Kier molecular flexibility index (Phi) is 4.90. The lowest BCUT2D eigenvalue weighted by Gasteiger charge is -2.58. The molecule has 5 heteroatoms. The zero-order valence-electron chi connectivity index (χ0n) is 16.9. The molecule has 0 spiro atoms. The Morgan fingerprint density at radius 1 is 1.25 bits per heavy atom. The second-order valence-electron chi connectivity index (χ2n) is 9.98. The van der Waals surface area contributed by atoms with E-state index in [1.165, 1.54) is 6.08 Å². The summed E-state index contributed by atoms with van der Waals surface area (Å²) in [5, 5.41) is 19.5. The van der Waals surface area contributed by atoms with E-state index in [0.717, 1.165) is 50.5 Å². The van der Waals surface area contributed by atoms with Crippen LogP contribution in [0.15, 0.2) is 11.6 Å². The maximum absolute atomic E-state index is 13.8. The summed E-state index contributed by atoms with van der Waals surface area (Å²) >= 11 is 0. The Labute approximate surface area is 167 Å². The molecule has 0 radical (unpaired) electrons. The van der Waals surface area contributed by atoms with Crippen molar-refractivity contribution in [1.82, 2.24) is 0 Å². The van der Waals surface area contributed by atoms with E-state index in [2.05, 4.69) is 13.0 Å². The molecule has 0 saturated heterocycles. The number of carbonyl (C=O) groups excluding carboxylic acids is 2. The number of Topliss-reactive ketones (excluding diaryl/α,β-unsaturated/α-hetero) is 1. The van der Waals surface area contributed by atoms with Gasteiger partial charge < -0.3 is 9.84 Å². The molecule has 0 bridgehead atoms. The van der Waals surface area contributed by atoms with Gasteiger partial charge in [0.1, 0.15) is 12.4 Å². The van der Waals surface area contributed by atoms with E-state index in [0.29, 0.717) is 11.8 Å². The number of esters is 1. The SMILES string of the molecule is C[C@]12CC[C@H](O)C[C@H]1CC[C@H]1C(=O)[C@@](C)([C@H](CC#N)C3=CC(=O)OC3)CC[C@@H]12. The highest BCUT2D eigenvalue weighted by molar-refractivity contribution is 5.90. The molecule has 0 amide bonds. The van der Waals surface area contributed by atoms with Crippen molar-refractivity contribution in [2.24, 2.45) is 34.5 Å². The van der Waals surface area contributed by atoms with Crippen LogP contribution in [0.3, 0.4) is 0 Å². The minimum absolute atomic E-state index is 0.0371. The van der Waals surface area contributed by atoms with Crippen LogP contribution in [-0.2, 0) is 14.3 Å². The molecule has 4 rings (SSSR count). The smallest absolute Gasteiger partial charge is 0.331 e. The van der Waals surface area contributed by atoms with Crippen LogP contribution in [-0.4, -0.2) is 29.6 Å². The Hall–Kier alpha value is -1.67. The van der Waals surface area contributed by atoms with Crippen molar-refractivity contribution in [1.29, 1.82) is 5.26 Å². The standard InChI is InChI=1S/C23H31NO4/c1-22-8-5-16(25)12-15(22)3-4-17-19(22)6-9-23(2,21(17)27)18(7-10-24)14-11-20(26)28-13-14/h11,15-19,25H,3-9,12-13H2,1-2H3/t15-,16+,17-,18-,19+,22+,23-/m1/s1. The Morgan fingerprint density at radius 2 is 2.04 bits per heavy atom. The number of carbonyl (C=O) groups is 2. The van der Waals surface area contributed by atoms with Crippen LogP contribution >= 0.6 is 0 Å². The Balaban J connectivity index is 1.62. The van der Waals surface area contributed by atoms with E-state index in [-0.39, 0.29) is 48.1 Å². The largest absolute Gasteiger partial charge is 0.458 e. The molecule has 3 aliphatic carbocycles. The molecule has 0 unspecified atom stereocenters. The molecule has 0 aromatic rings. The first kappa shape index (κ1) is 19.6. The second-order valence-corrected chi connectivity index (χ2v) is 9.98. The summed E-state index contributed by atoms with van der Waals surface area (Å²) in [6.07, 6.45) is 7.89. The van der Waals surface area contributed by atoms with E-state index in [4.69, 9.17) is 4.74 Å². The number of nitrogens with zero attached hydrogens (tertiary/aromatic N) is 1. The van der Waals surface area contributed by atoms with Crippen LogP contribution in [0.5, 0.6) is 0 Å². The van der Waals surface area contributed by atoms with Gasteiger partial charge in [0.05, 0.1) is 12.2 Å². The number of aliphatic hydroxyl groups excluding tert-OH is 1. The summed E-state index contributed by atoms with van der Waals surface area (Å²) in [4.78, 5) is 25.4. The van der Waals surface area contributed by atoms with Crippen LogP contribution in [0, 0.1) is 45.8 Å². The molecule has 3 saturated carbocycles. The zero-order chi connectivity index (χ0) is 20.1. The number of ether oxygens (including phenoxy) is 1. The number of fused-ring (bicyclic) bond motifs is 3. The third kappa shape index (κ3) is 2.92. The number of aliphatic hydroxyl groups is 1. The highest BCUT2D eigenvalue weighted by Gasteiger charge is 2.58. The van der Waals surface area contributed by atoms with Crippen LogP contribution in [0.2, 0.25) is 0 Å². The van der Waals surface area contributed by atoms with E-state index in [1.807, 2.05) is 6.92 Å². The summed E-state index contributed by atoms with van der Waals surface area (Å²) in [5.41, 5.74) is 0.338. The molecule has 1 aliphatic heterocycles. The lowest BCUT2D eigenvalue weighted by molar-refractivity contribution is -0.156. The normalized spacial score (nSPS) is 44.0. The molecule has 152 valence electrons. The van der Waals surface area contributed by atoms with E-state index in [1.54, 1.807) is 0 Å². The maximum Gasteiger partial charge on any atom is 0.331 e. The molecule has 7 atom stereocenters. The number of cyclic esters (lactones) is 1. The fourth-order valence-electron chi connectivity index (χ4n) is 7.01. The lowest BCUT2D eigenvalue weighted by atomic mass is 9.45. The van der Waals surface area contributed by atoms with Gasteiger partial charge in [-0.15, -0.1) is 0 Å². The van der Waals surface area contributed by atoms with Crippen LogP contribution in [0.1, 0.15) is 65.2 Å². The monoisotopic (exact) mass is 385 g/mol. The molecule has 0 aromatic heterocycles. The molecule has 1 N–H and O–H groups in total. The van der Waals surface area contributed by atoms with Gasteiger partial charge in [-0.1, -0.05) is 13.8 Å². The fraction of sp³-hybridized carbons (Fsp3) is 0.783.